The molecule has 6 rings (SSSR count). The Balaban J connectivity index is 1.21. The molecule has 1 aromatic heterocycles. The first kappa shape index (κ1) is 19.1. The minimum atomic E-state index is 0.0600. The zero-order chi connectivity index (χ0) is 19.6. The van der Waals surface area contributed by atoms with E-state index in [9.17, 15) is 4.79 Å². The number of furan rings is 1. The molecule has 4 aliphatic rings. The number of carbonyl (C=O) groups is 1. The molecule has 0 N–H and O–H groups in total. The average molecular weight is 394 g/mol. The fourth-order valence-corrected chi connectivity index (χ4v) is 5.78. The first-order valence-corrected chi connectivity index (χ1v) is 11.3. The van der Waals surface area contributed by atoms with Crippen LogP contribution in [0.3, 0.4) is 0 Å². The first-order chi connectivity index (χ1) is 14.3. The van der Waals surface area contributed by atoms with Crippen molar-refractivity contribution in [2.45, 2.75) is 50.4 Å². The molecule has 154 valence electrons. The minimum Gasteiger partial charge on any atom is -0.472 e. The summed E-state index contributed by atoms with van der Waals surface area (Å²) in [6.45, 7) is 5.29. The third-order valence-electron chi connectivity index (χ3n) is 7.34. The van der Waals surface area contributed by atoms with Gasteiger partial charge in [0.05, 0.1) is 18.4 Å². The topological polar surface area (TPSA) is 42.7 Å². The predicted molar refractivity (Wildman–Crippen MR) is 113 cm³/mol. The Labute approximate surface area is 173 Å². The number of ether oxygens (including phenoxy) is 1. The van der Waals surface area contributed by atoms with Crippen LogP contribution in [0.2, 0.25) is 0 Å². The summed E-state index contributed by atoms with van der Waals surface area (Å²) in [5, 5.41) is 0. The van der Waals surface area contributed by atoms with Crippen LogP contribution in [-0.4, -0.2) is 43.5 Å². The van der Waals surface area contributed by atoms with Crippen LogP contribution in [0.1, 0.15) is 77.4 Å². The van der Waals surface area contributed by atoms with Crippen molar-refractivity contribution in [3.63, 3.8) is 0 Å². The van der Waals surface area contributed by atoms with Crippen LogP contribution in [-0.2, 0) is 4.74 Å². The summed E-state index contributed by atoms with van der Waals surface area (Å²) in [7, 11) is 0. The number of likely N-dealkylation sites (tertiary alicyclic amines) is 1. The van der Waals surface area contributed by atoms with Gasteiger partial charge in [0.25, 0.3) is 0 Å². The summed E-state index contributed by atoms with van der Waals surface area (Å²) < 4.78 is 11.1. The summed E-state index contributed by atoms with van der Waals surface area (Å²) in [5.41, 5.74) is 4.33. The van der Waals surface area contributed by atoms with E-state index in [2.05, 4.69) is 17.0 Å². The van der Waals surface area contributed by atoms with Gasteiger partial charge in [-0.3, -0.25) is 4.79 Å². The van der Waals surface area contributed by atoms with Crippen molar-refractivity contribution in [2.24, 2.45) is 5.92 Å². The van der Waals surface area contributed by atoms with Crippen molar-refractivity contribution in [2.75, 3.05) is 32.8 Å². The second-order valence-electron chi connectivity index (χ2n) is 9.01. The Hall–Kier alpha value is -1.91. The van der Waals surface area contributed by atoms with E-state index in [0.29, 0.717) is 23.3 Å². The Kier molecular flexibility index (Phi) is 5.56. The number of hydrogen-bond donors (Lipinski definition) is 0. The van der Waals surface area contributed by atoms with Gasteiger partial charge in [-0.15, -0.1) is 0 Å². The van der Waals surface area contributed by atoms with Gasteiger partial charge in [0.15, 0.2) is 5.78 Å². The number of rotatable bonds is 8. The molecule has 2 fully saturated rings. The number of hydrogen-bond acceptors (Lipinski definition) is 4. The van der Waals surface area contributed by atoms with Gasteiger partial charge in [-0.2, -0.15) is 0 Å². The lowest BCUT2D eigenvalue weighted by molar-refractivity contribution is 0.0875. The summed E-state index contributed by atoms with van der Waals surface area (Å²) in [6, 6.07) is 8.13. The molecule has 2 heterocycles. The van der Waals surface area contributed by atoms with Gasteiger partial charge in [-0.05, 0) is 92.6 Å². The van der Waals surface area contributed by atoms with Crippen LogP contribution in [0.4, 0.5) is 0 Å². The van der Waals surface area contributed by atoms with Gasteiger partial charge in [-0.25, -0.2) is 0 Å². The van der Waals surface area contributed by atoms with Crippen LogP contribution >= 0.6 is 0 Å². The van der Waals surface area contributed by atoms with E-state index in [1.807, 2.05) is 6.07 Å². The molecule has 1 aliphatic heterocycles. The smallest absolute Gasteiger partial charge is 0.196 e. The number of benzene rings is 1. The molecule has 0 spiro atoms. The summed E-state index contributed by atoms with van der Waals surface area (Å²) in [6.07, 6.45) is 10.7. The van der Waals surface area contributed by atoms with Gasteiger partial charge < -0.3 is 14.1 Å². The van der Waals surface area contributed by atoms with Gasteiger partial charge in [-0.1, -0.05) is 12.1 Å². The molecule has 0 radical (unpaired) electrons. The van der Waals surface area contributed by atoms with Crippen molar-refractivity contribution >= 4 is 5.78 Å². The molecule has 4 nitrogen and oxygen atoms in total. The highest BCUT2D eigenvalue weighted by Gasteiger charge is 2.39. The van der Waals surface area contributed by atoms with Crippen molar-refractivity contribution in [1.29, 1.82) is 0 Å². The molecule has 1 saturated heterocycles. The van der Waals surface area contributed by atoms with E-state index in [1.165, 1.54) is 62.6 Å². The van der Waals surface area contributed by atoms with E-state index < -0.39 is 0 Å². The molecule has 2 aromatic rings. The summed E-state index contributed by atoms with van der Waals surface area (Å²) in [5.74, 6) is 1.98. The third-order valence-corrected chi connectivity index (χ3v) is 7.34. The Bertz CT molecular complexity index is 838. The maximum absolute atomic E-state index is 12.7. The first-order valence-electron chi connectivity index (χ1n) is 11.3. The fourth-order valence-electron chi connectivity index (χ4n) is 5.78. The van der Waals surface area contributed by atoms with Gasteiger partial charge >= 0.3 is 0 Å². The van der Waals surface area contributed by atoms with Crippen molar-refractivity contribution in [3.05, 3.63) is 59.0 Å². The standard InChI is InChI=1S/C25H31NO3/c27-25(21-8-13-29-17-21)20-4-6-22-18-3-5-23(24(22)16-20)19(15-18)7-12-28-14-11-26-9-1-2-10-26/h4,6,8,13,16-19,23H,1-3,5,7,9-12,14-15H2/t18-,19-,23+/m0/s1. The van der Waals surface area contributed by atoms with Crippen LogP contribution in [0, 0.1) is 5.92 Å². The monoisotopic (exact) mass is 393 g/mol. The number of fused-ring (bicyclic) bond motifs is 2. The largest absolute Gasteiger partial charge is 0.472 e. The second-order valence-corrected chi connectivity index (χ2v) is 9.01. The molecule has 29 heavy (non-hydrogen) atoms. The highest BCUT2D eigenvalue weighted by Crippen LogP contribution is 2.53. The second kappa shape index (κ2) is 8.45. The van der Waals surface area contributed by atoms with Gasteiger partial charge in [0.1, 0.15) is 6.26 Å². The zero-order valence-electron chi connectivity index (χ0n) is 17.1. The van der Waals surface area contributed by atoms with E-state index >= 15 is 0 Å². The third kappa shape index (κ3) is 3.93. The molecule has 3 atom stereocenters. The Morgan fingerprint density at radius 3 is 2.79 bits per heavy atom. The van der Waals surface area contributed by atoms with Crippen molar-refractivity contribution in [3.8, 4) is 0 Å². The Morgan fingerprint density at radius 1 is 1.07 bits per heavy atom. The van der Waals surface area contributed by atoms with Crippen LogP contribution in [0.25, 0.3) is 0 Å². The van der Waals surface area contributed by atoms with Gasteiger partial charge in [0.2, 0.25) is 0 Å². The molecule has 3 aliphatic carbocycles. The summed E-state index contributed by atoms with van der Waals surface area (Å²) >= 11 is 0. The lowest BCUT2D eigenvalue weighted by atomic mass is 9.61. The maximum atomic E-state index is 12.7. The molecule has 1 saturated carbocycles. The maximum Gasteiger partial charge on any atom is 0.196 e. The zero-order valence-corrected chi connectivity index (χ0v) is 17.1. The predicted octanol–water partition coefficient (Wildman–Crippen LogP) is 4.99. The van der Waals surface area contributed by atoms with Crippen LogP contribution in [0.15, 0.2) is 41.2 Å². The Morgan fingerprint density at radius 2 is 1.97 bits per heavy atom. The summed E-state index contributed by atoms with van der Waals surface area (Å²) in [4.78, 5) is 15.3. The number of ketones is 1. The highest BCUT2D eigenvalue weighted by atomic mass is 16.5. The van der Waals surface area contributed by atoms with E-state index in [4.69, 9.17) is 9.15 Å². The molecule has 4 heteroatoms. The quantitative estimate of drug-likeness (QED) is 0.468. The molecular formula is C25H31NO3. The SMILES string of the molecule is O=C(c1ccoc1)c1ccc2c(c1)[C@@H]1CC[C@H]2C[C@@H]1CCOCCN1CCCC1. The normalized spacial score (nSPS) is 26.0. The molecular weight excluding hydrogens is 362 g/mol. The highest BCUT2D eigenvalue weighted by molar-refractivity contribution is 6.08. The molecule has 2 bridgehead atoms. The van der Waals surface area contributed by atoms with Crippen LogP contribution < -0.4 is 0 Å². The van der Waals surface area contributed by atoms with Gasteiger partial charge in [0, 0.05) is 18.7 Å². The number of carbonyl (C=O) groups excluding carboxylic acids is 1. The van der Waals surface area contributed by atoms with E-state index in [1.54, 1.807) is 12.3 Å². The molecule has 1 aromatic carbocycles. The van der Waals surface area contributed by atoms with Crippen molar-refractivity contribution < 1.29 is 13.9 Å². The fraction of sp³-hybridized carbons (Fsp3) is 0.560. The average Bonchev–Trinajstić information content (AvgIpc) is 3.47. The van der Waals surface area contributed by atoms with Crippen molar-refractivity contribution in [1.82, 2.24) is 4.90 Å². The lowest BCUT2D eigenvalue weighted by Crippen LogP contribution is -2.31. The molecule has 0 unspecified atom stereocenters. The van der Waals surface area contributed by atoms with Crippen LogP contribution in [0.5, 0.6) is 0 Å². The number of nitrogens with zero attached hydrogens (tertiary/aromatic N) is 1. The lowest BCUT2D eigenvalue weighted by Gasteiger charge is -2.44. The minimum absolute atomic E-state index is 0.0600. The van der Waals surface area contributed by atoms with E-state index in [0.717, 1.165) is 31.7 Å². The molecule has 0 amide bonds. The van der Waals surface area contributed by atoms with E-state index in [-0.39, 0.29) is 5.78 Å².